The zero-order chi connectivity index (χ0) is 15.5. The van der Waals surface area contributed by atoms with E-state index in [4.69, 9.17) is 5.73 Å². The van der Waals surface area contributed by atoms with Crippen LogP contribution in [0.25, 0.3) is 0 Å². The smallest absolute Gasteiger partial charge is 0.188 e. The van der Waals surface area contributed by atoms with E-state index in [-0.39, 0.29) is 24.0 Å². The average molecular weight is 425 g/mol. The first-order chi connectivity index (χ1) is 10.1. The number of aliphatic imine (C=N–C) groups is 1. The first-order valence-corrected chi connectivity index (χ1v) is 8.56. The summed E-state index contributed by atoms with van der Waals surface area (Å²) < 4.78 is 0. The lowest BCUT2D eigenvalue weighted by Crippen LogP contribution is -2.45. The topological polar surface area (TPSA) is 56.9 Å². The SMILES string of the molecule is CCCCCCN=C(N)NCCN1CCC(N(C)C)CC1.I. The Hall–Kier alpha value is -0.0800. The van der Waals surface area contributed by atoms with Crippen molar-refractivity contribution in [3.63, 3.8) is 0 Å². The van der Waals surface area contributed by atoms with Crippen LogP contribution in [-0.4, -0.2) is 68.6 Å². The van der Waals surface area contributed by atoms with Gasteiger partial charge in [0.2, 0.25) is 0 Å². The highest BCUT2D eigenvalue weighted by Gasteiger charge is 2.19. The van der Waals surface area contributed by atoms with E-state index >= 15 is 0 Å². The molecule has 0 aromatic rings. The molecule has 132 valence electrons. The van der Waals surface area contributed by atoms with Crippen LogP contribution in [0.4, 0.5) is 0 Å². The van der Waals surface area contributed by atoms with Crippen LogP contribution in [0, 0.1) is 0 Å². The number of piperidine rings is 1. The molecule has 0 spiro atoms. The van der Waals surface area contributed by atoms with Crippen molar-refractivity contribution in [1.82, 2.24) is 15.1 Å². The lowest BCUT2D eigenvalue weighted by molar-refractivity contribution is 0.147. The van der Waals surface area contributed by atoms with Gasteiger partial charge in [0.15, 0.2) is 5.96 Å². The largest absolute Gasteiger partial charge is 0.370 e. The average Bonchev–Trinajstić information content (AvgIpc) is 2.47. The van der Waals surface area contributed by atoms with Crippen LogP contribution in [0.3, 0.4) is 0 Å². The summed E-state index contributed by atoms with van der Waals surface area (Å²) in [5.74, 6) is 0.606. The minimum Gasteiger partial charge on any atom is -0.370 e. The molecule has 1 saturated heterocycles. The van der Waals surface area contributed by atoms with E-state index in [0.29, 0.717) is 5.96 Å². The van der Waals surface area contributed by atoms with Gasteiger partial charge in [-0.3, -0.25) is 4.99 Å². The summed E-state index contributed by atoms with van der Waals surface area (Å²) in [5, 5.41) is 3.23. The quantitative estimate of drug-likeness (QED) is 0.257. The van der Waals surface area contributed by atoms with E-state index in [1.165, 1.54) is 45.2 Å². The Morgan fingerprint density at radius 2 is 1.91 bits per heavy atom. The number of hydrogen-bond donors (Lipinski definition) is 2. The van der Waals surface area contributed by atoms with Crippen LogP contribution >= 0.6 is 24.0 Å². The lowest BCUT2D eigenvalue weighted by atomic mass is 10.0. The third kappa shape index (κ3) is 9.84. The predicted octanol–water partition coefficient (Wildman–Crippen LogP) is 2.12. The van der Waals surface area contributed by atoms with Crippen molar-refractivity contribution in [3.05, 3.63) is 0 Å². The van der Waals surface area contributed by atoms with Gasteiger partial charge in [0.25, 0.3) is 0 Å². The Balaban J connectivity index is 0.00000441. The molecule has 22 heavy (non-hydrogen) atoms. The molecule has 1 aliphatic rings. The first kappa shape index (κ1) is 21.9. The Labute approximate surface area is 154 Å². The summed E-state index contributed by atoms with van der Waals surface area (Å²) in [6, 6.07) is 0.754. The predicted molar refractivity (Wildman–Crippen MR) is 107 cm³/mol. The van der Waals surface area contributed by atoms with E-state index in [1.54, 1.807) is 0 Å². The summed E-state index contributed by atoms with van der Waals surface area (Å²) >= 11 is 0. The molecule has 3 N–H and O–H groups in total. The monoisotopic (exact) mass is 425 g/mol. The summed E-state index contributed by atoms with van der Waals surface area (Å²) in [4.78, 5) is 9.23. The minimum atomic E-state index is 0. The highest BCUT2D eigenvalue weighted by atomic mass is 127. The van der Waals surface area contributed by atoms with Crippen LogP contribution in [-0.2, 0) is 0 Å². The molecule has 0 radical (unpaired) electrons. The zero-order valence-electron chi connectivity index (χ0n) is 14.7. The van der Waals surface area contributed by atoms with E-state index in [0.717, 1.165) is 32.1 Å². The van der Waals surface area contributed by atoms with Crippen LogP contribution in [0.2, 0.25) is 0 Å². The van der Waals surface area contributed by atoms with Gasteiger partial charge in [0, 0.05) is 25.7 Å². The van der Waals surface area contributed by atoms with Gasteiger partial charge in [-0.05, 0) is 46.4 Å². The van der Waals surface area contributed by atoms with Crippen molar-refractivity contribution < 1.29 is 0 Å². The molecule has 0 bridgehead atoms. The van der Waals surface area contributed by atoms with Crippen molar-refractivity contribution in [2.45, 2.75) is 51.5 Å². The van der Waals surface area contributed by atoms with E-state index in [9.17, 15) is 0 Å². The van der Waals surface area contributed by atoms with E-state index in [2.05, 4.69) is 41.1 Å². The number of nitrogens with one attached hydrogen (secondary N) is 1. The molecule has 1 fully saturated rings. The highest BCUT2D eigenvalue weighted by molar-refractivity contribution is 14.0. The molecule has 0 unspecified atom stereocenters. The summed E-state index contributed by atoms with van der Waals surface area (Å²) in [7, 11) is 4.36. The Morgan fingerprint density at radius 3 is 2.50 bits per heavy atom. The second kappa shape index (κ2) is 13.4. The van der Waals surface area contributed by atoms with Gasteiger partial charge in [0.1, 0.15) is 0 Å². The summed E-state index contributed by atoms with van der Waals surface area (Å²) in [6.45, 7) is 7.42. The molecule has 1 rings (SSSR count). The Bertz CT molecular complexity index is 288. The van der Waals surface area contributed by atoms with Crippen LogP contribution in [0.1, 0.15) is 45.4 Å². The first-order valence-electron chi connectivity index (χ1n) is 8.56. The maximum Gasteiger partial charge on any atom is 0.188 e. The van der Waals surface area contributed by atoms with Gasteiger partial charge in [0.05, 0.1) is 0 Å². The van der Waals surface area contributed by atoms with Gasteiger partial charge in [-0.1, -0.05) is 26.2 Å². The Kier molecular flexibility index (Phi) is 13.3. The van der Waals surface area contributed by atoms with Crippen LogP contribution < -0.4 is 11.1 Å². The van der Waals surface area contributed by atoms with Crippen molar-refractivity contribution in [2.75, 3.05) is 46.8 Å². The second-order valence-corrected chi connectivity index (χ2v) is 6.29. The van der Waals surface area contributed by atoms with Crippen molar-refractivity contribution in [2.24, 2.45) is 10.7 Å². The molecule has 0 amide bonds. The lowest BCUT2D eigenvalue weighted by Gasteiger charge is -2.35. The number of nitrogens with two attached hydrogens (primary N) is 1. The number of rotatable bonds is 9. The van der Waals surface area contributed by atoms with Gasteiger partial charge >= 0.3 is 0 Å². The van der Waals surface area contributed by atoms with Crippen LogP contribution in [0.5, 0.6) is 0 Å². The third-order valence-corrected chi connectivity index (χ3v) is 4.32. The normalized spacial score (nSPS) is 17.5. The Morgan fingerprint density at radius 1 is 1.23 bits per heavy atom. The fourth-order valence-corrected chi connectivity index (χ4v) is 2.80. The molecule has 0 atom stereocenters. The van der Waals surface area contributed by atoms with Crippen molar-refractivity contribution in [1.29, 1.82) is 0 Å². The number of likely N-dealkylation sites (tertiary alicyclic amines) is 1. The van der Waals surface area contributed by atoms with Crippen molar-refractivity contribution >= 4 is 29.9 Å². The number of guanidine groups is 1. The van der Waals surface area contributed by atoms with Crippen LogP contribution in [0.15, 0.2) is 4.99 Å². The van der Waals surface area contributed by atoms with E-state index < -0.39 is 0 Å². The van der Waals surface area contributed by atoms with Gasteiger partial charge in [-0.2, -0.15) is 0 Å². The molecular weight excluding hydrogens is 389 g/mol. The summed E-state index contributed by atoms with van der Waals surface area (Å²) in [6.07, 6.45) is 7.51. The number of unbranched alkanes of at least 4 members (excludes halogenated alkanes) is 3. The molecule has 0 aromatic heterocycles. The fourth-order valence-electron chi connectivity index (χ4n) is 2.80. The summed E-state index contributed by atoms with van der Waals surface area (Å²) in [5.41, 5.74) is 5.88. The molecular formula is C16H36IN5. The maximum absolute atomic E-state index is 5.88. The van der Waals surface area contributed by atoms with E-state index in [1.807, 2.05) is 0 Å². The molecule has 1 heterocycles. The molecule has 0 saturated carbocycles. The highest BCUT2D eigenvalue weighted by Crippen LogP contribution is 2.13. The minimum absolute atomic E-state index is 0. The van der Waals surface area contributed by atoms with Gasteiger partial charge in [-0.25, -0.2) is 0 Å². The van der Waals surface area contributed by atoms with Gasteiger partial charge in [-0.15, -0.1) is 24.0 Å². The third-order valence-electron chi connectivity index (χ3n) is 4.32. The molecule has 5 nitrogen and oxygen atoms in total. The number of hydrogen-bond acceptors (Lipinski definition) is 3. The molecule has 6 heteroatoms. The molecule has 0 aromatic carbocycles. The number of nitrogens with zero attached hydrogens (tertiary/aromatic N) is 3. The fraction of sp³-hybridized carbons (Fsp3) is 0.938. The maximum atomic E-state index is 5.88. The zero-order valence-corrected chi connectivity index (χ0v) is 17.0. The molecule has 0 aliphatic carbocycles. The standard InChI is InChI=1S/C16H35N5.HI/c1-4-5-6-7-10-18-16(17)19-11-14-21-12-8-15(9-13-21)20(2)3;/h15H,4-14H2,1-3H3,(H3,17,18,19);1H. The molecule has 1 aliphatic heterocycles. The second-order valence-electron chi connectivity index (χ2n) is 6.29. The van der Waals surface area contributed by atoms with Gasteiger partial charge < -0.3 is 20.9 Å². The number of halogens is 1. The van der Waals surface area contributed by atoms with Crippen molar-refractivity contribution in [3.8, 4) is 0 Å².